The molecule has 1 aromatic heterocycles. The zero-order chi connectivity index (χ0) is 19.2. The largest absolute Gasteiger partial charge is 0.349 e. The van der Waals surface area contributed by atoms with Crippen molar-refractivity contribution < 1.29 is 4.79 Å². The Balaban J connectivity index is 0.00000240. The summed E-state index contributed by atoms with van der Waals surface area (Å²) >= 11 is 1.57. The molecule has 0 aliphatic carbocycles. The Morgan fingerprint density at radius 2 is 1.83 bits per heavy atom. The first-order valence-electron chi connectivity index (χ1n) is 9.37. The standard InChI is InChI=1S/C20H22N6OS.ClH/c27-20(22-15-10-12-21-13-11-15)17-8-4-5-9-18(17)28-14-19-23-24-25-26(19)16-6-2-1-3-7-16;/h1-9,15,21H,10-14H2,(H,22,27);1H. The maximum absolute atomic E-state index is 12.8. The van der Waals surface area contributed by atoms with E-state index in [1.54, 1.807) is 16.4 Å². The molecule has 0 saturated carbocycles. The number of tetrazole rings is 1. The van der Waals surface area contributed by atoms with Crippen LogP contribution in [0.5, 0.6) is 0 Å². The molecule has 1 amide bonds. The van der Waals surface area contributed by atoms with Crippen molar-refractivity contribution in [2.75, 3.05) is 13.1 Å². The molecule has 4 rings (SSSR count). The van der Waals surface area contributed by atoms with E-state index in [-0.39, 0.29) is 24.4 Å². The van der Waals surface area contributed by atoms with E-state index in [2.05, 4.69) is 26.2 Å². The van der Waals surface area contributed by atoms with Gasteiger partial charge in [0.1, 0.15) is 0 Å². The first-order chi connectivity index (χ1) is 13.8. The van der Waals surface area contributed by atoms with Crippen molar-refractivity contribution in [1.29, 1.82) is 0 Å². The number of carbonyl (C=O) groups excluding carboxylic acids is 1. The number of benzene rings is 2. The van der Waals surface area contributed by atoms with Crippen LogP contribution in [0.1, 0.15) is 29.0 Å². The number of thioether (sulfide) groups is 1. The average molecular weight is 431 g/mol. The van der Waals surface area contributed by atoms with Gasteiger partial charge in [0.05, 0.1) is 17.0 Å². The van der Waals surface area contributed by atoms with Gasteiger partial charge < -0.3 is 10.6 Å². The number of nitrogens with zero attached hydrogens (tertiary/aromatic N) is 4. The molecule has 0 spiro atoms. The maximum Gasteiger partial charge on any atom is 0.252 e. The van der Waals surface area contributed by atoms with Crippen LogP contribution < -0.4 is 10.6 Å². The van der Waals surface area contributed by atoms with Crippen molar-refractivity contribution in [3.8, 4) is 5.69 Å². The van der Waals surface area contributed by atoms with E-state index < -0.39 is 0 Å². The Kier molecular flexibility index (Phi) is 7.62. The summed E-state index contributed by atoms with van der Waals surface area (Å²) in [4.78, 5) is 13.7. The van der Waals surface area contributed by atoms with Gasteiger partial charge in [-0.3, -0.25) is 4.79 Å². The van der Waals surface area contributed by atoms with Gasteiger partial charge in [-0.05, 0) is 60.6 Å². The van der Waals surface area contributed by atoms with E-state index >= 15 is 0 Å². The molecule has 0 radical (unpaired) electrons. The summed E-state index contributed by atoms with van der Waals surface area (Å²) < 4.78 is 1.73. The molecule has 1 aliphatic rings. The fourth-order valence-corrected chi connectivity index (χ4v) is 4.17. The molecule has 29 heavy (non-hydrogen) atoms. The van der Waals surface area contributed by atoms with E-state index in [4.69, 9.17) is 0 Å². The molecule has 0 unspecified atom stereocenters. The summed E-state index contributed by atoms with van der Waals surface area (Å²) in [7, 11) is 0. The number of halogens is 1. The van der Waals surface area contributed by atoms with Crippen LogP contribution in [0.15, 0.2) is 59.5 Å². The molecule has 0 bridgehead atoms. The molecule has 2 N–H and O–H groups in total. The normalized spacial score (nSPS) is 14.2. The summed E-state index contributed by atoms with van der Waals surface area (Å²) in [6, 6.07) is 17.7. The highest BCUT2D eigenvalue weighted by Crippen LogP contribution is 2.26. The summed E-state index contributed by atoms with van der Waals surface area (Å²) in [5.74, 6) is 1.29. The number of hydrogen-bond donors (Lipinski definition) is 2. The van der Waals surface area contributed by atoms with Gasteiger partial charge in [0.2, 0.25) is 0 Å². The lowest BCUT2D eigenvalue weighted by Crippen LogP contribution is -2.42. The van der Waals surface area contributed by atoms with E-state index in [9.17, 15) is 4.79 Å². The molecular formula is C20H23ClN6OS. The predicted molar refractivity (Wildman–Crippen MR) is 116 cm³/mol. The highest BCUT2D eigenvalue weighted by Gasteiger charge is 2.19. The fraction of sp³-hybridized carbons (Fsp3) is 0.300. The Labute approximate surface area is 180 Å². The Bertz CT molecular complexity index is 929. The third-order valence-corrected chi connectivity index (χ3v) is 5.77. The highest BCUT2D eigenvalue weighted by atomic mass is 35.5. The molecule has 1 saturated heterocycles. The van der Waals surface area contributed by atoms with E-state index in [0.717, 1.165) is 42.3 Å². The van der Waals surface area contributed by atoms with Gasteiger partial charge in [-0.2, -0.15) is 4.68 Å². The van der Waals surface area contributed by atoms with E-state index in [1.165, 1.54) is 0 Å². The van der Waals surface area contributed by atoms with Crippen molar-refractivity contribution >= 4 is 30.1 Å². The number of carbonyl (C=O) groups is 1. The van der Waals surface area contributed by atoms with Gasteiger partial charge >= 0.3 is 0 Å². The molecule has 1 aliphatic heterocycles. The first kappa shape index (κ1) is 21.3. The predicted octanol–water partition coefficient (Wildman–Crippen LogP) is 2.86. The lowest BCUT2D eigenvalue weighted by molar-refractivity contribution is 0.0926. The molecule has 3 aromatic rings. The molecule has 152 valence electrons. The average Bonchev–Trinajstić information content (AvgIpc) is 3.22. The zero-order valence-corrected chi connectivity index (χ0v) is 17.5. The number of amides is 1. The smallest absolute Gasteiger partial charge is 0.252 e. The maximum atomic E-state index is 12.8. The minimum absolute atomic E-state index is 0. The van der Waals surface area contributed by atoms with Crippen molar-refractivity contribution in [3.63, 3.8) is 0 Å². The SMILES string of the molecule is Cl.O=C(NC1CCNCC1)c1ccccc1SCc1nnnn1-c1ccccc1. The number of para-hydroxylation sites is 1. The van der Waals surface area contributed by atoms with E-state index in [1.807, 2.05) is 54.6 Å². The van der Waals surface area contributed by atoms with Crippen LogP contribution in [-0.2, 0) is 5.75 Å². The summed E-state index contributed by atoms with van der Waals surface area (Å²) in [6.07, 6.45) is 1.93. The fourth-order valence-electron chi connectivity index (χ4n) is 3.22. The number of nitrogens with one attached hydrogen (secondary N) is 2. The van der Waals surface area contributed by atoms with Crippen molar-refractivity contribution in [2.45, 2.75) is 29.5 Å². The van der Waals surface area contributed by atoms with Gasteiger partial charge in [-0.15, -0.1) is 29.3 Å². The monoisotopic (exact) mass is 430 g/mol. The number of aromatic nitrogens is 4. The van der Waals surface area contributed by atoms with Gasteiger partial charge in [0, 0.05) is 10.9 Å². The van der Waals surface area contributed by atoms with Gasteiger partial charge in [0.25, 0.3) is 5.91 Å². The van der Waals surface area contributed by atoms with E-state index in [0.29, 0.717) is 11.3 Å². The summed E-state index contributed by atoms with van der Waals surface area (Å²) in [5, 5.41) is 18.5. The quantitative estimate of drug-likeness (QED) is 0.585. The van der Waals surface area contributed by atoms with Gasteiger partial charge in [-0.1, -0.05) is 30.3 Å². The van der Waals surface area contributed by atoms with Crippen LogP contribution in [0.3, 0.4) is 0 Å². The molecule has 1 fully saturated rings. The van der Waals surface area contributed by atoms with Crippen LogP contribution in [-0.4, -0.2) is 45.2 Å². The van der Waals surface area contributed by atoms with Crippen molar-refractivity contribution in [2.24, 2.45) is 0 Å². The lowest BCUT2D eigenvalue weighted by atomic mass is 10.1. The molecule has 0 atom stereocenters. The van der Waals surface area contributed by atoms with Crippen LogP contribution in [0.2, 0.25) is 0 Å². The van der Waals surface area contributed by atoms with Gasteiger partial charge in [-0.25, -0.2) is 0 Å². The minimum Gasteiger partial charge on any atom is -0.349 e. The topological polar surface area (TPSA) is 84.7 Å². The number of rotatable bonds is 6. The lowest BCUT2D eigenvalue weighted by Gasteiger charge is -2.24. The summed E-state index contributed by atoms with van der Waals surface area (Å²) in [6.45, 7) is 1.90. The molecular weight excluding hydrogens is 408 g/mol. The third kappa shape index (κ3) is 5.35. The van der Waals surface area contributed by atoms with Crippen LogP contribution >= 0.6 is 24.2 Å². The minimum atomic E-state index is -0.0161. The second-order valence-corrected chi connectivity index (χ2v) is 7.64. The molecule has 9 heteroatoms. The Hall–Kier alpha value is -2.42. The van der Waals surface area contributed by atoms with Crippen molar-refractivity contribution in [3.05, 3.63) is 66.0 Å². The molecule has 7 nitrogen and oxygen atoms in total. The summed E-state index contributed by atoms with van der Waals surface area (Å²) in [5.41, 5.74) is 1.62. The van der Waals surface area contributed by atoms with Crippen molar-refractivity contribution in [1.82, 2.24) is 30.8 Å². The second-order valence-electron chi connectivity index (χ2n) is 6.63. The zero-order valence-electron chi connectivity index (χ0n) is 15.8. The highest BCUT2D eigenvalue weighted by molar-refractivity contribution is 7.98. The number of piperidine rings is 1. The van der Waals surface area contributed by atoms with Crippen LogP contribution in [0.4, 0.5) is 0 Å². The van der Waals surface area contributed by atoms with Crippen LogP contribution in [0.25, 0.3) is 5.69 Å². The van der Waals surface area contributed by atoms with Crippen LogP contribution in [0, 0.1) is 0 Å². The first-order valence-corrected chi connectivity index (χ1v) is 10.4. The Morgan fingerprint density at radius 3 is 2.62 bits per heavy atom. The molecule has 2 heterocycles. The number of hydrogen-bond acceptors (Lipinski definition) is 6. The Morgan fingerprint density at radius 1 is 1.10 bits per heavy atom. The second kappa shape index (κ2) is 10.4. The molecule has 2 aromatic carbocycles. The third-order valence-electron chi connectivity index (χ3n) is 4.70. The van der Waals surface area contributed by atoms with Gasteiger partial charge in [0.15, 0.2) is 5.82 Å².